The van der Waals surface area contributed by atoms with Crippen molar-refractivity contribution in [2.45, 2.75) is 39.2 Å². The summed E-state index contributed by atoms with van der Waals surface area (Å²) in [5.41, 5.74) is 6.59. The smallest absolute Gasteiger partial charge is 0.226 e. The van der Waals surface area contributed by atoms with Crippen LogP contribution in [0.15, 0.2) is 18.2 Å². The van der Waals surface area contributed by atoms with Crippen LogP contribution in [0.4, 0.5) is 11.4 Å². The highest BCUT2D eigenvalue weighted by Gasteiger charge is 2.15. The highest BCUT2D eigenvalue weighted by molar-refractivity contribution is 6.31. The molecule has 3 N–H and O–H groups in total. The first-order valence-corrected chi connectivity index (χ1v) is 6.70. The van der Waals surface area contributed by atoms with Crippen LogP contribution >= 0.6 is 11.6 Å². The Balaban J connectivity index is 2.43. The molecule has 0 aliphatic carbocycles. The second kappa shape index (κ2) is 6.78. The average molecular weight is 285 g/mol. The highest BCUT2D eigenvalue weighted by Crippen LogP contribution is 2.22. The lowest BCUT2D eigenvalue weighted by molar-refractivity contribution is -0.118. The third-order valence-electron chi connectivity index (χ3n) is 2.96. The highest BCUT2D eigenvalue weighted by atomic mass is 35.5. The van der Waals surface area contributed by atoms with Crippen LogP contribution in [0.25, 0.3) is 0 Å². The fourth-order valence-corrected chi connectivity index (χ4v) is 1.56. The summed E-state index contributed by atoms with van der Waals surface area (Å²) in [5.74, 6) is -0.124. The Labute approximate surface area is 119 Å². The van der Waals surface area contributed by atoms with Gasteiger partial charge in [0, 0.05) is 5.02 Å². The standard InChI is InChI=1S/C14H21ClN2O2/c1-4-14(2,3)19-8-7-13(18)17-12-6-5-10(15)9-11(12)16/h5-6,9H,4,7-8,16H2,1-3H3,(H,17,18). The van der Waals surface area contributed by atoms with Crippen molar-refractivity contribution in [2.75, 3.05) is 17.7 Å². The summed E-state index contributed by atoms with van der Waals surface area (Å²) in [4.78, 5) is 11.7. The van der Waals surface area contributed by atoms with Crippen LogP contribution in [0.5, 0.6) is 0 Å². The number of carbonyl (C=O) groups is 1. The van der Waals surface area contributed by atoms with E-state index in [0.29, 0.717) is 29.4 Å². The van der Waals surface area contributed by atoms with E-state index in [9.17, 15) is 4.79 Å². The van der Waals surface area contributed by atoms with Crippen LogP contribution in [-0.4, -0.2) is 18.1 Å². The van der Waals surface area contributed by atoms with Gasteiger partial charge in [0.25, 0.3) is 0 Å². The molecule has 0 spiro atoms. The molecule has 1 aromatic carbocycles. The van der Waals surface area contributed by atoms with Crippen molar-refractivity contribution < 1.29 is 9.53 Å². The van der Waals surface area contributed by atoms with Crippen molar-refractivity contribution in [1.29, 1.82) is 0 Å². The maximum Gasteiger partial charge on any atom is 0.226 e. The molecule has 1 rings (SSSR count). The van der Waals surface area contributed by atoms with E-state index in [-0.39, 0.29) is 11.5 Å². The number of halogens is 1. The minimum Gasteiger partial charge on any atom is -0.397 e. The average Bonchev–Trinajstić information content (AvgIpc) is 2.32. The van der Waals surface area contributed by atoms with E-state index in [2.05, 4.69) is 12.2 Å². The monoisotopic (exact) mass is 284 g/mol. The number of nitrogens with one attached hydrogen (secondary N) is 1. The van der Waals surface area contributed by atoms with Gasteiger partial charge in [0.1, 0.15) is 0 Å². The normalized spacial score (nSPS) is 11.4. The van der Waals surface area contributed by atoms with Gasteiger partial charge in [0.2, 0.25) is 5.91 Å². The number of nitrogens with two attached hydrogens (primary N) is 1. The lowest BCUT2D eigenvalue weighted by Gasteiger charge is -2.23. The van der Waals surface area contributed by atoms with Crippen LogP contribution in [0.1, 0.15) is 33.6 Å². The maximum atomic E-state index is 11.7. The Kier molecular flexibility index (Phi) is 5.63. The van der Waals surface area contributed by atoms with Gasteiger partial charge in [-0.2, -0.15) is 0 Å². The molecule has 0 radical (unpaired) electrons. The SMILES string of the molecule is CCC(C)(C)OCCC(=O)Nc1ccc(Cl)cc1N. The minimum atomic E-state index is -0.195. The first-order chi connectivity index (χ1) is 8.84. The van der Waals surface area contributed by atoms with Crippen LogP contribution in [0.3, 0.4) is 0 Å². The zero-order valence-electron chi connectivity index (χ0n) is 11.6. The van der Waals surface area contributed by atoms with Gasteiger partial charge >= 0.3 is 0 Å². The van der Waals surface area contributed by atoms with Gasteiger partial charge in [-0.25, -0.2) is 0 Å². The van der Waals surface area contributed by atoms with Gasteiger partial charge in [-0.15, -0.1) is 0 Å². The first kappa shape index (κ1) is 15.8. The summed E-state index contributed by atoms with van der Waals surface area (Å²) in [6.07, 6.45) is 1.20. The van der Waals surface area contributed by atoms with E-state index in [0.717, 1.165) is 6.42 Å². The summed E-state index contributed by atoms with van der Waals surface area (Å²) < 4.78 is 5.62. The van der Waals surface area contributed by atoms with Gasteiger partial charge in [-0.05, 0) is 38.5 Å². The van der Waals surface area contributed by atoms with E-state index in [1.165, 1.54) is 0 Å². The second-order valence-corrected chi connectivity index (χ2v) is 5.43. The van der Waals surface area contributed by atoms with E-state index < -0.39 is 0 Å². The van der Waals surface area contributed by atoms with E-state index in [1.54, 1.807) is 18.2 Å². The van der Waals surface area contributed by atoms with E-state index in [1.807, 2.05) is 13.8 Å². The molecule has 0 saturated heterocycles. The number of ether oxygens (including phenoxy) is 1. The lowest BCUT2D eigenvalue weighted by atomic mass is 10.1. The molecule has 5 heteroatoms. The molecule has 0 heterocycles. The molecule has 1 amide bonds. The van der Waals surface area contributed by atoms with Crippen LogP contribution in [0.2, 0.25) is 5.02 Å². The topological polar surface area (TPSA) is 64.3 Å². The summed E-state index contributed by atoms with van der Waals surface area (Å²) >= 11 is 5.79. The molecule has 0 saturated carbocycles. The summed E-state index contributed by atoms with van der Waals surface area (Å²) in [7, 11) is 0. The van der Waals surface area contributed by atoms with Crippen molar-refractivity contribution in [3.05, 3.63) is 23.2 Å². The summed E-state index contributed by atoms with van der Waals surface area (Å²) in [6.45, 7) is 6.44. The predicted molar refractivity (Wildman–Crippen MR) is 79.4 cm³/mol. The van der Waals surface area contributed by atoms with Crippen LogP contribution in [-0.2, 0) is 9.53 Å². The molecule has 0 fully saturated rings. The van der Waals surface area contributed by atoms with Crippen molar-refractivity contribution in [3.8, 4) is 0 Å². The number of nitrogen functional groups attached to an aromatic ring is 1. The Morgan fingerprint density at radius 3 is 2.74 bits per heavy atom. The Morgan fingerprint density at radius 2 is 2.16 bits per heavy atom. The number of amides is 1. The molecule has 0 atom stereocenters. The van der Waals surface area contributed by atoms with Gasteiger partial charge in [-0.3, -0.25) is 4.79 Å². The predicted octanol–water partition coefficient (Wildman–Crippen LogP) is 3.46. The number of anilines is 2. The molecule has 0 bridgehead atoms. The molecule has 4 nitrogen and oxygen atoms in total. The summed E-state index contributed by atoms with van der Waals surface area (Å²) in [6, 6.07) is 4.98. The van der Waals surface area contributed by atoms with Crippen LogP contribution in [0, 0.1) is 0 Å². The molecular weight excluding hydrogens is 264 g/mol. The number of hydrogen-bond donors (Lipinski definition) is 2. The third kappa shape index (κ3) is 5.49. The molecule has 106 valence electrons. The quantitative estimate of drug-likeness (QED) is 0.786. The van der Waals surface area contributed by atoms with Gasteiger partial charge < -0.3 is 15.8 Å². The Bertz CT molecular complexity index is 447. The summed E-state index contributed by atoms with van der Waals surface area (Å²) in [5, 5.41) is 3.28. The Hall–Kier alpha value is -1.26. The second-order valence-electron chi connectivity index (χ2n) is 4.99. The number of carbonyl (C=O) groups excluding carboxylic acids is 1. The zero-order valence-corrected chi connectivity index (χ0v) is 12.4. The fourth-order valence-electron chi connectivity index (χ4n) is 1.38. The van der Waals surface area contributed by atoms with Gasteiger partial charge in [0.15, 0.2) is 0 Å². The number of hydrogen-bond acceptors (Lipinski definition) is 3. The largest absolute Gasteiger partial charge is 0.397 e. The van der Waals surface area contributed by atoms with Crippen molar-refractivity contribution in [3.63, 3.8) is 0 Å². The molecule has 0 aliphatic rings. The van der Waals surface area contributed by atoms with E-state index in [4.69, 9.17) is 22.1 Å². The minimum absolute atomic E-state index is 0.124. The molecular formula is C14H21ClN2O2. The molecule has 1 aromatic rings. The molecule has 0 unspecified atom stereocenters. The maximum absolute atomic E-state index is 11.7. The number of benzene rings is 1. The van der Waals surface area contributed by atoms with Gasteiger partial charge in [0.05, 0.1) is 30.0 Å². The Morgan fingerprint density at radius 1 is 1.47 bits per heavy atom. The van der Waals surface area contributed by atoms with Crippen LogP contribution < -0.4 is 11.1 Å². The molecule has 19 heavy (non-hydrogen) atoms. The zero-order chi connectivity index (χ0) is 14.5. The van der Waals surface area contributed by atoms with Crippen molar-refractivity contribution >= 4 is 28.9 Å². The lowest BCUT2D eigenvalue weighted by Crippen LogP contribution is -2.25. The molecule has 0 aromatic heterocycles. The number of rotatable bonds is 6. The van der Waals surface area contributed by atoms with Crippen molar-refractivity contribution in [1.82, 2.24) is 0 Å². The van der Waals surface area contributed by atoms with Crippen molar-refractivity contribution in [2.24, 2.45) is 0 Å². The van der Waals surface area contributed by atoms with Gasteiger partial charge in [-0.1, -0.05) is 18.5 Å². The fraction of sp³-hybridized carbons (Fsp3) is 0.500. The molecule has 0 aliphatic heterocycles. The third-order valence-corrected chi connectivity index (χ3v) is 3.20. The van der Waals surface area contributed by atoms with E-state index >= 15 is 0 Å². The first-order valence-electron chi connectivity index (χ1n) is 6.33.